The maximum atomic E-state index is 15.1. The minimum absolute atomic E-state index is 0.0550. The molecule has 0 spiro atoms. The van der Waals surface area contributed by atoms with Crippen molar-refractivity contribution in [3.8, 4) is 34.5 Å². The second kappa shape index (κ2) is 42.1. The number of aromatic nitrogens is 3. The standard InChI is InChI=1S/C71H94N8O17/c1-4-33-89-44-47-96-66-58(94-45-42-92-40-38-90-36-34-87-2)48-51(49-59(66)95-46-43-93-41-39-91-37-35-88-3)50-72-25-5-6-26-79-70(86)71(22-10-30-76-67(83)55-19-16-52-13-7-27-73-60(52)63(55)80,23-11-31-77-68(84)56-20-17-53-14-8-28-74-61(53)64(56)81)24-12-32-78-69(85)57-21-18-54-15-9-29-75-62(54)65(57)82/h7-9,13-21,27-29,48-49,72,80-82H,4-6,10-12,22-26,30-47,50H2,1-3H3,(H,76,83)(H,77,84)(H,78,85)(H,79,86). The van der Waals surface area contributed by atoms with E-state index in [4.69, 9.17) is 47.4 Å². The zero-order chi connectivity index (χ0) is 68.0. The molecule has 0 saturated carbocycles. The Morgan fingerprint density at radius 3 is 1.20 bits per heavy atom. The third-order valence-electron chi connectivity index (χ3n) is 15.7. The van der Waals surface area contributed by atoms with E-state index < -0.39 is 23.1 Å². The monoisotopic (exact) mass is 1330 g/mol. The maximum Gasteiger partial charge on any atom is 0.255 e. The van der Waals surface area contributed by atoms with E-state index in [0.717, 1.165) is 12.0 Å². The Bertz CT molecular complexity index is 3230. The van der Waals surface area contributed by atoms with Crippen molar-refractivity contribution in [2.45, 2.75) is 71.3 Å². The molecule has 4 aromatic carbocycles. The molecule has 0 bridgehead atoms. The van der Waals surface area contributed by atoms with E-state index in [1.807, 2.05) is 19.1 Å². The fraction of sp³-hybridized carbons (Fsp3) is 0.479. The number of unbranched alkanes of at least 4 members (excludes halogenated alkanes) is 1. The van der Waals surface area contributed by atoms with Crippen LogP contribution in [0.2, 0.25) is 0 Å². The molecule has 0 fully saturated rings. The van der Waals surface area contributed by atoms with E-state index in [0.29, 0.717) is 181 Å². The van der Waals surface area contributed by atoms with Crippen LogP contribution in [0.4, 0.5) is 0 Å². The number of phenolic OH excluding ortho intramolecular Hbond substituents is 3. The molecule has 96 heavy (non-hydrogen) atoms. The van der Waals surface area contributed by atoms with Gasteiger partial charge in [0.05, 0.1) is 89.4 Å². The third kappa shape index (κ3) is 23.7. The molecule has 0 atom stereocenters. The molecule has 0 radical (unpaired) electrons. The summed E-state index contributed by atoms with van der Waals surface area (Å²) >= 11 is 0. The summed E-state index contributed by atoms with van der Waals surface area (Å²) in [6.07, 6.45) is 8.60. The highest BCUT2D eigenvalue weighted by molar-refractivity contribution is 6.04. The number of ether oxygens (including phenoxy) is 10. The minimum atomic E-state index is -1.09. The number of amides is 4. The van der Waals surface area contributed by atoms with Gasteiger partial charge in [0, 0.05) is 93.7 Å². The number of nitrogens with zero attached hydrogens (tertiary/aromatic N) is 3. The Kier molecular flexibility index (Phi) is 32.8. The average molecular weight is 1330 g/mol. The first-order valence-electron chi connectivity index (χ1n) is 32.9. The van der Waals surface area contributed by atoms with Crippen LogP contribution in [0.25, 0.3) is 32.7 Å². The van der Waals surface area contributed by atoms with E-state index in [-0.39, 0.29) is 98.6 Å². The normalized spacial score (nSPS) is 11.5. The summed E-state index contributed by atoms with van der Waals surface area (Å²) in [5.41, 5.74) is 0.808. The number of carbonyl (C=O) groups is 4. The lowest BCUT2D eigenvalue weighted by atomic mass is 9.74. The summed E-state index contributed by atoms with van der Waals surface area (Å²) in [5, 5.41) is 50.7. The molecule has 520 valence electrons. The van der Waals surface area contributed by atoms with Crippen molar-refractivity contribution < 1.29 is 81.9 Å². The lowest BCUT2D eigenvalue weighted by Gasteiger charge is -2.33. The number of aromatic hydroxyl groups is 3. The number of rotatable bonds is 49. The number of benzene rings is 4. The third-order valence-corrected chi connectivity index (χ3v) is 15.7. The number of methoxy groups -OCH3 is 2. The number of nitrogens with one attached hydrogen (secondary N) is 5. The van der Waals surface area contributed by atoms with Gasteiger partial charge in [-0.25, -0.2) is 0 Å². The quantitative estimate of drug-likeness (QED) is 0.0168. The van der Waals surface area contributed by atoms with Crippen molar-refractivity contribution in [3.63, 3.8) is 0 Å². The van der Waals surface area contributed by atoms with Gasteiger partial charge in [0.2, 0.25) is 11.7 Å². The Morgan fingerprint density at radius 2 is 0.792 bits per heavy atom. The second-order valence-electron chi connectivity index (χ2n) is 22.6. The van der Waals surface area contributed by atoms with E-state index in [2.05, 4.69) is 41.5 Å². The van der Waals surface area contributed by atoms with Gasteiger partial charge in [-0.1, -0.05) is 43.3 Å². The number of hydrogen-bond donors (Lipinski definition) is 8. The van der Waals surface area contributed by atoms with Crippen molar-refractivity contribution in [2.24, 2.45) is 5.41 Å². The number of phenols is 3. The minimum Gasteiger partial charge on any atom is -0.505 e. The van der Waals surface area contributed by atoms with Gasteiger partial charge in [0.1, 0.15) is 36.4 Å². The predicted molar refractivity (Wildman–Crippen MR) is 362 cm³/mol. The first-order chi connectivity index (χ1) is 47.0. The van der Waals surface area contributed by atoms with Crippen LogP contribution in [0.1, 0.15) is 101 Å². The van der Waals surface area contributed by atoms with Crippen LogP contribution in [-0.4, -0.2) is 200 Å². The van der Waals surface area contributed by atoms with E-state index in [1.165, 1.54) is 36.8 Å². The molecule has 0 aliphatic carbocycles. The number of pyridine rings is 3. The first-order valence-corrected chi connectivity index (χ1v) is 32.9. The molecule has 0 unspecified atom stereocenters. The van der Waals surface area contributed by atoms with Crippen LogP contribution in [-0.2, 0) is 44.5 Å². The van der Waals surface area contributed by atoms with Crippen molar-refractivity contribution in [3.05, 3.63) is 126 Å². The summed E-state index contributed by atoms with van der Waals surface area (Å²) in [5.74, 6) is -1.15. The van der Waals surface area contributed by atoms with Gasteiger partial charge in [-0.3, -0.25) is 34.1 Å². The number of hydrogen-bond acceptors (Lipinski definition) is 21. The number of carbonyl (C=O) groups excluding carboxylic acids is 4. The highest BCUT2D eigenvalue weighted by Gasteiger charge is 2.37. The molecular formula is C71H94N8O17. The van der Waals surface area contributed by atoms with Gasteiger partial charge >= 0.3 is 0 Å². The Balaban J connectivity index is 1.03. The van der Waals surface area contributed by atoms with Gasteiger partial charge in [0.25, 0.3) is 17.7 Å². The van der Waals surface area contributed by atoms with Crippen LogP contribution in [0, 0.1) is 5.41 Å². The van der Waals surface area contributed by atoms with Crippen molar-refractivity contribution in [1.29, 1.82) is 0 Å². The zero-order valence-corrected chi connectivity index (χ0v) is 55.4. The summed E-state index contributed by atoms with van der Waals surface area (Å²) in [6.45, 7) is 9.57. The van der Waals surface area contributed by atoms with Crippen LogP contribution >= 0.6 is 0 Å². The van der Waals surface area contributed by atoms with E-state index >= 15 is 4.79 Å². The molecule has 0 saturated heterocycles. The van der Waals surface area contributed by atoms with Gasteiger partial charge in [-0.05, 0) is 118 Å². The summed E-state index contributed by atoms with van der Waals surface area (Å²) < 4.78 is 57.4. The van der Waals surface area contributed by atoms with E-state index in [9.17, 15) is 29.7 Å². The molecule has 8 N–H and O–H groups in total. The maximum absolute atomic E-state index is 15.1. The highest BCUT2D eigenvalue weighted by atomic mass is 16.6. The van der Waals surface area contributed by atoms with Gasteiger partial charge in [-0.15, -0.1) is 0 Å². The fourth-order valence-electron chi connectivity index (χ4n) is 10.7. The Hall–Kier alpha value is -8.53. The van der Waals surface area contributed by atoms with Gasteiger partial charge in [0.15, 0.2) is 28.7 Å². The second-order valence-corrected chi connectivity index (χ2v) is 22.6. The lowest BCUT2D eigenvalue weighted by molar-refractivity contribution is -0.132. The van der Waals surface area contributed by atoms with Crippen LogP contribution in [0.3, 0.4) is 0 Å². The molecule has 25 nitrogen and oxygen atoms in total. The lowest BCUT2D eigenvalue weighted by Crippen LogP contribution is -2.43. The Labute approximate surface area is 560 Å². The van der Waals surface area contributed by atoms with Gasteiger partial charge < -0.3 is 89.3 Å². The number of fused-ring (bicyclic) bond motifs is 3. The van der Waals surface area contributed by atoms with Crippen LogP contribution < -0.4 is 40.8 Å². The molecule has 7 aromatic rings. The topological polar surface area (TPSA) is 320 Å². The van der Waals surface area contributed by atoms with Crippen molar-refractivity contribution in [1.82, 2.24) is 41.5 Å². The zero-order valence-electron chi connectivity index (χ0n) is 55.4. The predicted octanol–water partition coefficient (Wildman–Crippen LogP) is 7.97. The molecule has 3 heterocycles. The van der Waals surface area contributed by atoms with Crippen LogP contribution in [0.15, 0.2) is 104 Å². The fourth-order valence-corrected chi connectivity index (χ4v) is 10.7. The molecule has 4 amide bonds. The molecule has 0 aliphatic rings. The van der Waals surface area contributed by atoms with Gasteiger partial charge in [-0.2, -0.15) is 0 Å². The SMILES string of the molecule is CCCOCCOc1c(OCCOCCOCCOC)cc(CNCCCCNC(=O)C(CCCNC(=O)c2ccc3cccnc3c2O)(CCCNC(=O)c2ccc3cccnc3c2O)CCCNC(=O)c2ccc3cccnc3c2O)cc1OCCOCCOCCOC. The first kappa shape index (κ1) is 74.9. The van der Waals surface area contributed by atoms with Crippen molar-refractivity contribution >= 4 is 56.3 Å². The molecule has 3 aromatic heterocycles. The molecule has 7 rings (SSSR count). The molecular weight excluding hydrogens is 1240 g/mol. The summed E-state index contributed by atoms with van der Waals surface area (Å²) in [6, 6.07) is 24.2. The summed E-state index contributed by atoms with van der Waals surface area (Å²) in [4.78, 5) is 68.7. The largest absolute Gasteiger partial charge is 0.505 e. The smallest absolute Gasteiger partial charge is 0.255 e. The molecule has 0 aliphatic heterocycles. The van der Waals surface area contributed by atoms with E-state index in [1.54, 1.807) is 68.8 Å². The summed E-state index contributed by atoms with van der Waals surface area (Å²) in [7, 11) is 3.24. The van der Waals surface area contributed by atoms with Crippen molar-refractivity contribution in [2.75, 3.05) is 146 Å². The van der Waals surface area contributed by atoms with Crippen LogP contribution in [0.5, 0.6) is 34.5 Å². The molecule has 25 heteroatoms. The average Bonchev–Trinajstić information content (AvgIpc) is 0.852. The highest BCUT2D eigenvalue weighted by Crippen LogP contribution is 2.40. The Morgan fingerprint density at radius 1 is 0.427 bits per heavy atom.